The number of hydrogen-bond acceptors (Lipinski definition) is 6. The van der Waals surface area contributed by atoms with E-state index in [0.29, 0.717) is 31.1 Å². The van der Waals surface area contributed by atoms with Gasteiger partial charge in [-0.3, -0.25) is 14.8 Å². The van der Waals surface area contributed by atoms with Gasteiger partial charge in [-0.25, -0.2) is 4.79 Å². The molecule has 0 aliphatic carbocycles. The van der Waals surface area contributed by atoms with E-state index < -0.39 is 4.92 Å². The van der Waals surface area contributed by atoms with Crippen LogP contribution in [0.1, 0.15) is 5.56 Å². The monoisotopic (exact) mass is 333 g/mol. The number of rotatable bonds is 6. The van der Waals surface area contributed by atoms with Gasteiger partial charge in [-0.1, -0.05) is 6.07 Å². The molecule has 1 aliphatic heterocycles. The summed E-state index contributed by atoms with van der Waals surface area (Å²) < 4.78 is 11.9. The molecule has 0 unspecified atom stereocenters. The Morgan fingerprint density at radius 1 is 1.33 bits per heavy atom. The third-order valence-corrected chi connectivity index (χ3v) is 3.35. The summed E-state index contributed by atoms with van der Waals surface area (Å²) in [7, 11) is 0. The minimum absolute atomic E-state index is 0.0812. The van der Waals surface area contributed by atoms with Crippen LogP contribution < -0.4 is 20.1 Å². The molecule has 126 valence electrons. The molecule has 0 bridgehead atoms. The molecule has 3 rings (SSSR count). The van der Waals surface area contributed by atoms with Crippen LogP contribution in [-0.4, -0.2) is 34.1 Å². The summed E-state index contributed by atoms with van der Waals surface area (Å²) in [5.41, 5.74) is 0.805. The van der Waals surface area contributed by atoms with Crippen LogP contribution in [0.3, 0.4) is 0 Å². The highest BCUT2D eigenvalue weighted by Gasteiger charge is 2.13. The molecule has 1 aromatic carbocycles. The molecular formula is C14H15N5O5. The zero-order chi connectivity index (χ0) is 16.9. The third-order valence-electron chi connectivity index (χ3n) is 3.35. The minimum Gasteiger partial charge on any atom is -0.454 e. The van der Waals surface area contributed by atoms with E-state index in [9.17, 15) is 14.9 Å². The fourth-order valence-electron chi connectivity index (χ4n) is 2.15. The number of carbonyl (C=O) groups excluding carboxylic acids is 1. The lowest BCUT2D eigenvalue weighted by atomic mass is 10.2. The van der Waals surface area contributed by atoms with Crippen molar-refractivity contribution < 1.29 is 19.2 Å². The number of nitrogens with zero attached hydrogens (tertiary/aromatic N) is 3. The van der Waals surface area contributed by atoms with Gasteiger partial charge in [0, 0.05) is 13.1 Å². The Balaban J connectivity index is 1.40. The predicted octanol–water partition coefficient (Wildman–Crippen LogP) is 1.02. The molecule has 1 aromatic heterocycles. The summed E-state index contributed by atoms with van der Waals surface area (Å²) in [5, 5.41) is 19.8. The van der Waals surface area contributed by atoms with Gasteiger partial charge in [-0.05, 0) is 17.7 Å². The predicted molar refractivity (Wildman–Crippen MR) is 81.7 cm³/mol. The van der Waals surface area contributed by atoms with Crippen LogP contribution in [0.5, 0.6) is 11.5 Å². The highest BCUT2D eigenvalue weighted by Crippen LogP contribution is 2.32. The number of nitro groups is 1. The second kappa shape index (κ2) is 6.86. The van der Waals surface area contributed by atoms with Crippen molar-refractivity contribution in [2.24, 2.45) is 0 Å². The topological polar surface area (TPSA) is 121 Å². The fourth-order valence-corrected chi connectivity index (χ4v) is 2.15. The molecule has 0 saturated heterocycles. The number of ether oxygens (including phenoxy) is 2. The van der Waals surface area contributed by atoms with Crippen molar-refractivity contribution in [3.05, 3.63) is 46.3 Å². The maximum absolute atomic E-state index is 11.7. The molecule has 0 saturated carbocycles. The van der Waals surface area contributed by atoms with E-state index in [1.807, 2.05) is 12.1 Å². The van der Waals surface area contributed by atoms with Crippen molar-refractivity contribution in [3.63, 3.8) is 0 Å². The number of carbonyl (C=O) groups is 1. The first-order valence-electron chi connectivity index (χ1n) is 7.19. The average molecular weight is 333 g/mol. The molecule has 2 amide bonds. The minimum atomic E-state index is -0.519. The molecular weight excluding hydrogens is 318 g/mol. The Hall–Kier alpha value is -3.30. The molecule has 10 heteroatoms. The van der Waals surface area contributed by atoms with Gasteiger partial charge >= 0.3 is 11.7 Å². The van der Waals surface area contributed by atoms with Crippen molar-refractivity contribution in [1.29, 1.82) is 0 Å². The van der Waals surface area contributed by atoms with Gasteiger partial charge in [-0.15, -0.1) is 0 Å². The summed E-state index contributed by atoms with van der Waals surface area (Å²) in [6, 6.07) is 5.11. The Morgan fingerprint density at radius 2 is 2.17 bits per heavy atom. The first-order valence-corrected chi connectivity index (χ1v) is 7.19. The Morgan fingerprint density at radius 3 is 2.96 bits per heavy atom. The van der Waals surface area contributed by atoms with Crippen LogP contribution in [0.2, 0.25) is 0 Å². The third kappa shape index (κ3) is 3.72. The zero-order valence-electron chi connectivity index (χ0n) is 12.6. The van der Waals surface area contributed by atoms with Gasteiger partial charge in [0.1, 0.15) is 12.4 Å². The smallest absolute Gasteiger partial charge is 0.315 e. The van der Waals surface area contributed by atoms with Crippen LogP contribution in [-0.2, 0) is 13.1 Å². The van der Waals surface area contributed by atoms with Gasteiger partial charge in [0.15, 0.2) is 11.5 Å². The largest absolute Gasteiger partial charge is 0.454 e. The fraction of sp³-hybridized carbons (Fsp3) is 0.286. The Bertz CT molecular complexity index is 760. The number of amides is 2. The van der Waals surface area contributed by atoms with E-state index in [-0.39, 0.29) is 18.5 Å². The quantitative estimate of drug-likeness (QED) is 0.601. The maximum atomic E-state index is 11.7. The first kappa shape index (κ1) is 15.6. The second-order valence-electron chi connectivity index (χ2n) is 5.02. The SMILES string of the molecule is O=C(NCCn1cc([N+](=O)[O-])cn1)NCc1ccc2c(c1)OCO2. The standard InChI is InChI=1S/C14H15N5O5/c20-14(15-3-4-18-8-11(7-17-18)19(21)22)16-6-10-1-2-12-13(5-10)24-9-23-12/h1-2,5,7-8H,3-4,6,9H2,(H2,15,16,20). The lowest BCUT2D eigenvalue weighted by Crippen LogP contribution is -2.36. The highest BCUT2D eigenvalue weighted by molar-refractivity contribution is 5.73. The average Bonchev–Trinajstić information content (AvgIpc) is 3.21. The van der Waals surface area contributed by atoms with E-state index in [1.54, 1.807) is 6.07 Å². The number of fused-ring (bicyclic) bond motifs is 1. The van der Waals surface area contributed by atoms with Crippen LogP contribution in [0, 0.1) is 10.1 Å². The Labute approximate surface area is 136 Å². The lowest BCUT2D eigenvalue weighted by Gasteiger charge is -2.08. The summed E-state index contributed by atoms with van der Waals surface area (Å²) in [5.74, 6) is 1.35. The number of nitrogens with one attached hydrogen (secondary N) is 2. The number of aromatic nitrogens is 2. The zero-order valence-corrected chi connectivity index (χ0v) is 12.6. The molecule has 10 nitrogen and oxygen atoms in total. The first-order chi connectivity index (χ1) is 11.6. The van der Waals surface area contributed by atoms with E-state index in [4.69, 9.17) is 9.47 Å². The van der Waals surface area contributed by atoms with Gasteiger partial charge in [-0.2, -0.15) is 5.10 Å². The second-order valence-corrected chi connectivity index (χ2v) is 5.02. The normalized spacial score (nSPS) is 12.0. The van der Waals surface area contributed by atoms with Crippen LogP contribution in [0.25, 0.3) is 0 Å². The molecule has 2 heterocycles. The van der Waals surface area contributed by atoms with Crippen LogP contribution >= 0.6 is 0 Å². The molecule has 2 aromatic rings. The van der Waals surface area contributed by atoms with Gasteiger partial charge in [0.2, 0.25) is 6.79 Å². The molecule has 0 spiro atoms. The summed E-state index contributed by atoms with van der Waals surface area (Å²) in [6.07, 6.45) is 2.48. The van der Waals surface area contributed by atoms with Crippen LogP contribution in [0.15, 0.2) is 30.6 Å². The van der Waals surface area contributed by atoms with E-state index in [0.717, 1.165) is 5.56 Å². The number of hydrogen-bond donors (Lipinski definition) is 2. The van der Waals surface area contributed by atoms with Crippen molar-refractivity contribution in [2.75, 3.05) is 13.3 Å². The molecule has 2 N–H and O–H groups in total. The molecule has 1 aliphatic rings. The van der Waals surface area contributed by atoms with Crippen molar-refractivity contribution in [1.82, 2.24) is 20.4 Å². The molecule has 0 atom stereocenters. The summed E-state index contributed by atoms with van der Waals surface area (Å²) in [6.45, 7) is 1.19. The van der Waals surface area contributed by atoms with E-state index in [2.05, 4.69) is 15.7 Å². The maximum Gasteiger partial charge on any atom is 0.315 e. The van der Waals surface area contributed by atoms with Crippen molar-refractivity contribution in [2.45, 2.75) is 13.1 Å². The molecule has 0 fully saturated rings. The summed E-state index contributed by atoms with van der Waals surface area (Å²) >= 11 is 0. The van der Waals surface area contributed by atoms with Crippen molar-refractivity contribution >= 4 is 11.7 Å². The molecule has 0 radical (unpaired) electrons. The Kier molecular flexibility index (Phi) is 4.45. The summed E-state index contributed by atoms with van der Waals surface area (Å²) in [4.78, 5) is 21.8. The van der Waals surface area contributed by atoms with E-state index in [1.165, 1.54) is 17.1 Å². The van der Waals surface area contributed by atoms with Crippen LogP contribution in [0.4, 0.5) is 10.5 Å². The van der Waals surface area contributed by atoms with Gasteiger partial charge in [0.25, 0.3) is 0 Å². The highest BCUT2D eigenvalue weighted by atomic mass is 16.7. The van der Waals surface area contributed by atoms with Crippen molar-refractivity contribution in [3.8, 4) is 11.5 Å². The van der Waals surface area contributed by atoms with E-state index >= 15 is 0 Å². The lowest BCUT2D eigenvalue weighted by molar-refractivity contribution is -0.385. The van der Waals surface area contributed by atoms with Gasteiger partial charge < -0.3 is 20.1 Å². The van der Waals surface area contributed by atoms with Gasteiger partial charge in [0.05, 0.1) is 11.5 Å². The molecule has 24 heavy (non-hydrogen) atoms. The number of benzene rings is 1. The number of urea groups is 1.